The number of benzene rings is 3. The molecule has 0 aliphatic carbocycles. The van der Waals surface area contributed by atoms with Crippen LogP contribution in [0, 0.1) is 27.7 Å². The number of methoxy groups -OCH3 is 1. The minimum absolute atomic E-state index is 0.130. The molecule has 2 N–H and O–H groups in total. The van der Waals surface area contributed by atoms with Crippen LogP contribution in [-0.4, -0.2) is 78.8 Å². The number of fused-ring (bicyclic) bond motifs is 2. The van der Waals surface area contributed by atoms with Gasteiger partial charge >= 0.3 is 5.97 Å². The number of aryl methyl sites for hydroxylation is 5. The van der Waals surface area contributed by atoms with Crippen LogP contribution in [0.25, 0.3) is 22.0 Å². The van der Waals surface area contributed by atoms with Crippen LogP contribution >= 0.6 is 23.2 Å². The lowest BCUT2D eigenvalue weighted by atomic mass is 9.89. The number of hydrogen-bond acceptors (Lipinski definition) is 9. The molecule has 3 heterocycles. The second-order valence-corrected chi connectivity index (χ2v) is 15.0. The van der Waals surface area contributed by atoms with E-state index >= 15 is 0 Å². The Balaban J connectivity index is 1.37. The van der Waals surface area contributed by atoms with Gasteiger partial charge in [-0.25, -0.2) is 14.8 Å². The fourth-order valence-corrected chi connectivity index (χ4v) is 8.45. The van der Waals surface area contributed by atoms with E-state index in [-0.39, 0.29) is 11.6 Å². The van der Waals surface area contributed by atoms with Gasteiger partial charge < -0.3 is 39.1 Å². The standard InChI is InChI=1S/C42H48Cl2N6O5/c1-23-18-27(19-24(2)39(23)44)55-17-9-10-28-29-11-12-31(43)38(37-25(3)46-36(21-45-5)47-26(37)4)41(29)50(34(28)22-51)16-15-48(6)32-13-14-35(54-8)30-20-33(42(52)53)49(7)40(30)32/h11-14,18-20,22,28,34,45H,9-10,15-17,21H2,1-8H3,(H,52,53). The molecule has 55 heavy (non-hydrogen) atoms. The predicted molar refractivity (Wildman–Crippen MR) is 220 cm³/mol. The Labute approximate surface area is 332 Å². The monoisotopic (exact) mass is 786 g/mol. The number of carboxylic acid groups (broad SMARTS) is 1. The Hall–Kier alpha value is -4.84. The molecule has 0 saturated heterocycles. The highest BCUT2D eigenvalue weighted by atomic mass is 35.5. The fourth-order valence-electron chi connectivity index (χ4n) is 8.10. The summed E-state index contributed by atoms with van der Waals surface area (Å²) in [6.07, 6.45) is 2.46. The van der Waals surface area contributed by atoms with Gasteiger partial charge in [-0.15, -0.1) is 0 Å². The van der Waals surface area contributed by atoms with Crippen LogP contribution in [-0.2, 0) is 18.4 Å². The lowest BCUT2D eigenvalue weighted by Gasteiger charge is -2.31. The second kappa shape index (κ2) is 16.5. The summed E-state index contributed by atoms with van der Waals surface area (Å²) in [5, 5.41) is 15.0. The number of aromatic carboxylic acids is 1. The van der Waals surface area contributed by atoms with E-state index in [0.717, 1.165) is 73.2 Å². The molecule has 290 valence electrons. The molecular weight excluding hydrogens is 739 g/mol. The minimum Gasteiger partial charge on any atom is -0.496 e. The smallest absolute Gasteiger partial charge is 0.352 e. The molecule has 0 radical (unpaired) electrons. The zero-order valence-electron chi connectivity index (χ0n) is 32.6. The Bertz CT molecular complexity index is 2230. The maximum absolute atomic E-state index is 13.3. The van der Waals surface area contributed by atoms with Crippen molar-refractivity contribution in [1.29, 1.82) is 0 Å². The van der Waals surface area contributed by atoms with Crippen LogP contribution < -0.4 is 24.6 Å². The Morgan fingerprint density at radius 2 is 1.73 bits per heavy atom. The molecule has 13 heteroatoms. The van der Waals surface area contributed by atoms with E-state index < -0.39 is 12.0 Å². The van der Waals surface area contributed by atoms with Gasteiger partial charge in [0, 0.05) is 66.0 Å². The molecule has 0 bridgehead atoms. The first kappa shape index (κ1) is 39.8. The SMILES string of the molecule is CNCc1nc(C)c(-c2c(Cl)ccc3c2N(CCN(C)c2ccc(OC)c4cc(C(=O)O)n(C)c24)C(C=O)C3CCCOc2cc(C)c(Cl)c(C)c2)c(C)n1. The highest BCUT2D eigenvalue weighted by Gasteiger charge is 2.41. The van der Waals surface area contributed by atoms with Gasteiger partial charge in [0.15, 0.2) is 0 Å². The molecule has 11 nitrogen and oxygen atoms in total. The van der Waals surface area contributed by atoms with Crippen LogP contribution in [0.15, 0.2) is 42.5 Å². The molecule has 0 fully saturated rings. The Morgan fingerprint density at radius 3 is 2.35 bits per heavy atom. The summed E-state index contributed by atoms with van der Waals surface area (Å²) in [6.45, 7) is 9.85. The van der Waals surface area contributed by atoms with Crippen LogP contribution in [0.1, 0.15) is 63.2 Å². The van der Waals surface area contributed by atoms with Crippen LogP contribution in [0.2, 0.25) is 10.0 Å². The maximum atomic E-state index is 13.3. The number of halogens is 2. The van der Waals surface area contributed by atoms with Gasteiger partial charge in [0.1, 0.15) is 29.3 Å². The van der Waals surface area contributed by atoms with Crippen LogP contribution in [0.4, 0.5) is 11.4 Å². The molecule has 3 aromatic carbocycles. The molecule has 5 aromatic rings. The molecule has 2 unspecified atom stereocenters. The average molecular weight is 788 g/mol. The molecule has 6 rings (SSSR count). The molecule has 1 aliphatic rings. The summed E-state index contributed by atoms with van der Waals surface area (Å²) >= 11 is 13.5. The Kier molecular flexibility index (Phi) is 11.9. The molecule has 0 amide bonds. The first-order valence-corrected chi connectivity index (χ1v) is 19.1. The van der Waals surface area contributed by atoms with Crippen molar-refractivity contribution < 1.29 is 24.2 Å². The first-order chi connectivity index (χ1) is 26.3. The van der Waals surface area contributed by atoms with Crippen molar-refractivity contribution in [3.63, 3.8) is 0 Å². The van der Waals surface area contributed by atoms with Crippen LogP contribution in [0.3, 0.4) is 0 Å². The third-order valence-electron chi connectivity index (χ3n) is 10.7. The lowest BCUT2D eigenvalue weighted by molar-refractivity contribution is -0.109. The number of ether oxygens (including phenoxy) is 2. The summed E-state index contributed by atoms with van der Waals surface area (Å²) in [6, 6.07) is 12.8. The minimum atomic E-state index is -1.02. The molecular formula is C42H48Cl2N6O5. The number of carboxylic acids is 1. The number of aldehydes is 1. The number of rotatable bonds is 15. The second-order valence-electron chi connectivity index (χ2n) is 14.2. The van der Waals surface area contributed by atoms with Crippen molar-refractivity contribution in [3.8, 4) is 22.6 Å². The number of anilines is 2. The van der Waals surface area contributed by atoms with Crippen LogP contribution in [0.5, 0.6) is 11.5 Å². The van der Waals surface area contributed by atoms with E-state index in [0.29, 0.717) is 61.1 Å². The van der Waals surface area contributed by atoms with Gasteiger partial charge in [0.2, 0.25) is 0 Å². The van der Waals surface area contributed by atoms with Gasteiger partial charge in [-0.3, -0.25) is 0 Å². The number of carbonyl (C=O) groups is 2. The van der Waals surface area contributed by atoms with Gasteiger partial charge in [0.05, 0.1) is 48.2 Å². The average Bonchev–Trinajstić information content (AvgIpc) is 3.65. The number of aromatic nitrogens is 3. The Morgan fingerprint density at radius 1 is 1.04 bits per heavy atom. The maximum Gasteiger partial charge on any atom is 0.352 e. The van der Waals surface area contributed by atoms with Crippen molar-refractivity contribution in [2.45, 2.75) is 59.0 Å². The molecule has 0 saturated carbocycles. The summed E-state index contributed by atoms with van der Waals surface area (Å²) in [7, 11) is 7.15. The molecule has 2 aromatic heterocycles. The number of nitrogens with one attached hydrogen (secondary N) is 1. The quantitative estimate of drug-likeness (QED) is 0.0796. The summed E-state index contributed by atoms with van der Waals surface area (Å²) in [5.41, 5.74) is 8.86. The molecule has 0 spiro atoms. The first-order valence-electron chi connectivity index (χ1n) is 18.3. The van der Waals surface area contributed by atoms with E-state index in [4.69, 9.17) is 42.6 Å². The summed E-state index contributed by atoms with van der Waals surface area (Å²) in [4.78, 5) is 39.3. The van der Waals surface area contributed by atoms with Crippen molar-refractivity contribution >= 4 is 57.7 Å². The van der Waals surface area contributed by atoms with E-state index in [1.165, 1.54) is 0 Å². The van der Waals surface area contributed by atoms with Crippen molar-refractivity contribution in [3.05, 3.63) is 92.1 Å². The van der Waals surface area contributed by atoms with E-state index in [1.54, 1.807) is 24.8 Å². The number of carbonyl (C=O) groups excluding carboxylic acids is 1. The van der Waals surface area contributed by atoms with E-state index in [9.17, 15) is 14.7 Å². The zero-order valence-corrected chi connectivity index (χ0v) is 34.1. The van der Waals surface area contributed by atoms with Gasteiger partial charge in [-0.05, 0) is 101 Å². The van der Waals surface area contributed by atoms with Gasteiger partial charge in [-0.1, -0.05) is 29.3 Å². The number of nitrogens with zero attached hydrogens (tertiary/aromatic N) is 5. The zero-order chi connectivity index (χ0) is 39.7. The summed E-state index contributed by atoms with van der Waals surface area (Å²) < 4.78 is 13.5. The van der Waals surface area contributed by atoms with E-state index in [1.807, 2.05) is 78.2 Å². The lowest BCUT2D eigenvalue weighted by Crippen LogP contribution is -2.41. The number of hydrogen-bond donors (Lipinski definition) is 2. The third-order valence-corrected chi connectivity index (χ3v) is 11.6. The number of likely N-dealkylation sites (N-methyl/N-ethyl adjacent to an activating group) is 1. The van der Waals surface area contributed by atoms with Gasteiger partial charge in [-0.2, -0.15) is 0 Å². The fraction of sp³-hybridized carbons (Fsp3) is 0.381. The van der Waals surface area contributed by atoms with Crippen molar-refractivity contribution in [2.24, 2.45) is 7.05 Å². The highest BCUT2D eigenvalue weighted by molar-refractivity contribution is 6.34. The van der Waals surface area contributed by atoms with Crippen molar-refractivity contribution in [1.82, 2.24) is 19.9 Å². The largest absolute Gasteiger partial charge is 0.496 e. The normalized spacial score (nSPS) is 15.1. The van der Waals surface area contributed by atoms with Crippen molar-refractivity contribution in [2.75, 3.05) is 50.7 Å². The van der Waals surface area contributed by atoms with E-state index in [2.05, 4.69) is 15.1 Å². The third kappa shape index (κ3) is 7.57. The highest BCUT2D eigenvalue weighted by Crippen LogP contribution is 2.51. The molecule has 1 aliphatic heterocycles. The molecule has 2 atom stereocenters. The van der Waals surface area contributed by atoms with Gasteiger partial charge in [0.25, 0.3) is 0 Å². The summed E-state index contributed by atoms with van der Waals surface area (Å²) in [5.74, 6) is 0.895. The predicted octanol–water partition coefficient (Wildman–Crippen LogP) is 8.07. The topological polar surface area (TPSA) is 122 Å².